The lowest BCUT2D eigenvalue weighted by molar-refractivity contribution is 0.319. The predicted octanol–water partition coefficient (Wildman–Crippen LogP) is 1.05. The van der Waals surface area contributed by atoms with Gasteiger partial charge in [-0.25, -0.2) is 8.42 Å². The largest absolute Gasteiger partial charge is 0.395 e. The van der Waals surface area contributed by atoms with Crippen molar-refractivity contribution in [2.45, 2.75) is 17.9 Å². The van der Waals surface area contributed by atoms with E-state index >= 15 is 0 Å². The fourth-order valence-corrected chi connectivity index (χ4v) is 3.35. The van der Waals surface area contributed by atoms with Gasteiger partial charge in [-0.15, -0.1) is 0 Å². The van der Waals surface area contributed by atoms with E-state index in [0.29, 0.717) is 18.2 Å². The molecule has 3 N–H and O–H groups in total. The van der Waals surface area contributed by atoms with Crippen LogP contribution in [0.2, 0.25) is 0 Å². The molecule has 1 aromatic carbocycles. The molecule has 2 rings (SSSR count). The Labute approximate surface area is 153 Å². The molecule has 0 aliphatic heterocycles. The Morgan fingerprint density at radius 2 is 1.88 bits per heavy atom. The van der Waals surface area contributed by atoms with Gasteiger partial charge in [0.2, 0.25) is 0 Å². The molecule has 0 radical (unpaired) electrons. The molecule has 6 nitrogen and oxygen atoms in total. The van der Waals surface area contributed by atoms with Crippen LogP contribution in [-0.4, -0.2) is 42.5 Å². The zero-order chi connectivity index (χ0) is 18.1. The summed E-state index contributed by atoms with van der Waals surface area (Å²) in [4.78, 5) is 4.45. The molecule has 0 fully saturated rings. The number of hydrogen-bond donors (Lipinski definition) is 3. The summed E-state index contributed by atoms with van der Waals surface area (Å²) in [6, 6.07) is 12.3. The van der Waals surface area contributed by atoms with E-state index in [1.807, 2.05) is 18.2 Å². The zero-order valence-corrected chi connectivity index (χ0v) is 15.3. The molecule has 2 aromatic rings. The lowest BCUT2D eigenvalue weighted by Crippen LogP contribution is -2.36. The summed E-state index contributed by atoms with van der Waals surface area (Å²) in [5, 5.41) is 15.5. The van der Waals surface area contributed by atoms with Crippen LogP contribution >= 0.6 is 12.2 Å². The highest BCUT2D eigenvalue weighted by Crippen LogP contribution is 2.12. The van der Waals surface area contributed by atoms with Crippen molar-refractivity contribution in [3.8, 4) is 0 Å². The Balaban J connectivity index is 1.76. The zero-order valence-electron chi connectivity index (χ0n) is 13.7. The summed E-state index contributed by atoms with van der Waals surface area (Å²) >= 11 is 5.22. The molecule has 0 saturated heterocycles. The van der Waals surface area contributed by atoms with Crippen molar-refractivity contribution in [3.63, 3.8) is 0 Å². The van der Waals surface area contributed by atoms with Crippen LogP contribution in [0, 0.1) is 0 Å². The summed E-state index contributed by atoms with van der Waals surface area (Å²) in [7, 11) is -3.41. The molecule has 0 saturated carbocycles. The van der Waals surface area contributed by atoms with E-state index in [4.69, 9.17) is 17.3 Å². The first-order chi connectivity index (χ1) is 12.0. The lowest BCUT2D eigenvalue weighted by atomic mass is 10.2. The maximum Gasteiger partial charge on any atom is 0.180 e. The minimum atomic E-state index is -3.41. The predicted molar refractivity (Wildman–Crippen MR) is 101 cm³/mol. The van der Waals surface area contributed by atoms with Gasteiger partial charge in [0.1, 0.15) is 0 Å². The molecule has 0 aliphatic rings. The van der Waals surface area contributed by atoms with Gasteiger partial charge in [-0.3, -0.25) is 4.98 Å². The third-order valence-electron chi connectivity index (χ3n) is 3.49. The number of hydrogen-bond acceptors (Lipinski definition) is 5. The second-order valence-electron chi connectivity index (χ2n) is 5.37. The first kappa shape index (κ1) is 19.3. The van der Waals surface area contributed by atoms with Crippen molar-refractivity contribution in [1.82, 2.24) is 15.6 Å². The van der Waals surface area contributed by atoms with Gasteiger partial charge in [0.05, 0.1) is 17.3 Å². The molecule has 0 aliphatic carbocycles. The van der Waals surface area contributed by atoms with Crippen molar-refractivity contribution < 1.29 is 13.5 Å². The van der Waals surface area contributed by atoms with Crippen LogP contribution in [-0.2, 0) is 22.8 Å². The molecular formula is C17H21N3O3S2. The number of benzene rings is 1. The van der Waals surface area contributed by atoms with Crippen molar-refractivity contribution in [2.75, 3.05) is 18.9 Å². The van der Waals surface area contributed by atoms with Crippen LogP contribution in [0.25, 0.3) is 0 Å². The number of aromatic nitrogens is 1. The Kier molecular flexibility index (Phi) is 7.30. The van der Waals surface area contributed by atoms with E-state index in [-0.39, 0.29) is 17.3 Å². The Bertz CT molecular complexity index is 779. The van der Waals surface area contributed by atoms with Gasteiger partial charge < -0.3 is 15.7 Å². The Morgan fingerprint density at radius 1 is 1.12 bits per heavy atom. The van der Waals surface area contributed by atoms with Crippen molar-refractivity contribution >= 4 is 27.2 Å². The third kappa shape index (κ3) is 6.41. The topological polar surface area (TPSA) is 91.3 Å². The SMILES string of the molecule is O=S(=O)(CCO)c1ccc(CNC(=S)NCCc2ccccn2)cc1. The summed E-state index contributed by atoms with van der Waals surface area (Å²) in [6.45, 7) is 0.793. The molecule has 134 valence electrons. The minimum absolute atomic E-state index is 0.210. The molecule has 0 spiro atoms. The molecule has 8 heteroatoms. The Morgan fingerprint density at radius 3 is 2.52 bits per heavy atom. The number of nitrogens with zero attached hydrogens (tertiary/aromatic N) is 1. The fourth-order valence-electron chi connectivity index (χ4n) is 2.15. The van der Waals surface area contributed by atoms with Gasteiger partial charge >= 0.3 is 0 Å². The summed E-state index contributed by atoms with van der Waals surface area (Å²) in [5.41, 5.74) is 1.91. The second kappa shape index (κ2) is 9.45. The smallest absolute Gasteiger partial charge is 0.180 e. The van der Waals surface area contributed by atoms with E-state index < -0.39 is 9.84 Å². The van der Waals surface area contributed by atoms with Crippen LogP contribution in [0.15, 0.2) is 53.6 Å². The molecule has 25 heavy (non-hydrogen) atoms. The molecule has 0 unspecified atom stereocenters. The summed E-state index contributed by atoms with van der Waals surface area (Å²) in [6.07, 6.45) is 2.54. The van der Waals surface area contributed by atoms with E-state index in [0.717, 1.165) is 17.7 Å². The van der Waals surface area contributed by atoms with Gasteiger partial charge in [-0.1, -0.05) is 18.2 Å². The molecule has 1 heterocycles. The normalized spacial score (nSPS) is 11.1. The summed E-state index contributed by atoms with van der Waals surface area (Å²) < 4.78 is 23.7. The number of aliphatic hydroxyl groups excluding tert-OH is 1. The minimum Gasteiger partial charge on any atom is -0.395 e. The monoisotopic (exact) mass is 379 g/mol. The average Bonchev–Trinajstić information content (AvgIpc) is 2.61. The second-order valence-corrected chi connectivity index (χ2v) is 7.88. The highest BCUT2D eigenvalue weighted by molar-refractivity contribution is 7.91. The van der Waals surface area contributed by atoms with Crippen LogP contribution in [0.3, 0.4) is 0 Å². The van der Waals surface area contributed by atoms with E-state index in [1.54, 1.807) is 30.5 Å². The van der Waals surface area contributed by atoms with Crippen LogP contribution in [0.1, 0.15) is 11.3 Å². The van der Waals surface area contributed by atoms with Gasteiger partial charge in [-0.05, 0) is 42.0 Å². The van der Waals surface area contributed by atoms with Gasteiger partial charge in [0, 0.05) is 31.4 Å². The fraction of sp³-hybridized carbons (Fsp3) is 0.294. The highest BCUT2D eigenvalue weighted by Gasteiger charge is 2.13. The van der Waals surface area contributed by atoms with Gasteiger partial charge in [0.15, 0.2) is 14.9 Å². The van der Waals surface area contributed by atoms with Gasteiger partial charge in [0.25, 0.3) is 0 Å². The number of aliphatic hydroxyl groups is 1. The maximum atomic E-state index is 11.8. The molecule has 0 bridgehead atoms. The molecular weight excluding hydrogens is 358 g/mol. The quantitative estimate of drug-likeness (QED) is 0.591. The van der Waals surface area contributed by atoms with E-state index in [2.05, 4.69) is 15.6 Å². The van der Waals surface area contributed by atoms with E-state index in [1.165, 1.54) is 0 Å². The average molecular weight is 380 g/mol. The number of thiocarbonyl (C=S) groups is 1. The molecule has 1 aromatic heterocycles. The third-order valence-corrected chi connectivity index (χ3v) is 5.49. The van der Waals surface area contributed by atoms with Crippen LogP contribution in [0.5, 0.6) is 0 Å². The maximum absolute atomic E-state index is 11.8. The first-order valence-electron chi connectivity index (χ1n) is 7.85. The number of pyridine rings is 1. The number of sulfone groups is 1. The number of rotatable bonds is 8. The first-order valence-corrected chi connectivity index (χ1v) is 9.91. The summed E-state index contributed by atoms with van der Waals surface area (Å²) in [5.74, 6) is -0.269. The Hall–Kier alpha value is -2.03. The molecule has 0 atom stereocenters. The van der Waals surface area contributed by atoms with Crippen molar-refractivity contribution in [1.29, 1.82) is 0 Å². The van der Waals surface area contributed by atoms with E-state index in [9.17, 15) is 8.42 Å². The number of nitrogens with one attached hydrogen (secondary N) is 2. The lowest BCUT2D eigenvalue weighted by Gasteiger charge is -2.11. The van der Waals surface area contributed by atoms with Gasteiger partial charge in [-0.2, -0.15) is 0 Å². The van der Waals surface area contributed by atoms with Crippen LogP contribution in [0.4, 0.5) is 0 Å². The standard InChI is InChI=1S/C17H21N3O3S2/c21-11-12-25(22,23)16-6-4-14(5-7-16)13-20-17(24)19-10-8-15-3-1-2-9-18-15/h1-7,9,21H,8,10-13H2,(H2,19,20,24). The van der Waals surface area contributed by atoms with Crippen molar-refractivity contribution in [3.05, 3.63) is 59.9 Å². The highest BCUT2D eigenvalue weighted by atomic mass is 32.2. The van der Waals surface area contributed by atoms with Crippen LogP contribution < -0.4 is 10.6 Å². The molecule has 0 amide bonds. The van der Waals surface area contributed by atoms with Crippen molar-refractivity contribution in [2.24, 2.45) is 0 Å².